The Balaban J connectivity index is 1.88. The fraction of sp³-hybridized carbons (Fsp3) is 0.222. The Bertz CT molecular complexity index is 743. The largest absolute Gasteiger partial charge is 0.493 e. The third-order valence-electron chi connectivity index (χ3n) is 4.08. The van der Waals surface area contributed by atoms with E-state index in [4.69, 9.17) is 20.9 Å². The molecule has 3 rings (SSSR count). The predicted molar refractivity (Wildman–Crippen MR) is 95.4 cm³/mol. The summed E-state index contributed by atoms with van der Waals surface area (Å²) in [7, 11) is 3.24. The molecule has 0 amide bonds. The van der Waals surface area contributed by atoms with Crippen molar-refractivity contribution in [2.45, 2.75) is 12.2 Å². The van der Waals surface area contributed by atoms with Gasteiger partial charge >= 0.3 is 0 Å². The van der Waals surface area contributed by atoms with Crippen LogP contribution in [0.15, 0.2) is 48.7 Å². The molecule has 6 N–H and O–H groups in total. The molecule has 0 spiro atoms. The minimum atomic E-state index is -0.238. The first-order valence-electron chi connectivity index (χ1n) is 7.68. The summed E-state index contributed by atoms with van der Waals surface area (Å²) in [5.74, 6) is 1.37. The number of nitrogen functional groups attached to an aromatic ring is 1. The number of hydrogen-bond acceptors (Lipinski definition) is 6. The van der Waals surface area contributed by atoms with Crippen LogP contribution >= 0.6 is 0 Å². The summed E-state index contributed by atoms with van der Waals surface area (Å²) in [6, 6.07) is 13.4. The molecule has 6 heteroatoms. The van der Waals surface area contributed by atoms with Crippen molar-refractivity contribution in [2.75, 3.05) is 20.0 Å². The second kappa shape index (κ2) is 6.72. The molecule has 24 heavy (non-hydrogen) atoms. The first-order valence-corrected chi connectivity index (χ1v) is 7.68. The van der Waals surface area contributed by atoms with Gasteiger partial charge in [0, 0.05) is 17.5 Å². The Morgan fingerprint density at radius 1 is 0.958 bits per heavy atom. The molecule has 0 saturated heterocycles. The molecule has 1 aliphatic heterocycles. The van der Waals surface area contributed by atoms with Gasteiger partial charge in [-0.15, -0.1) is 0 Å². The highest BCUT2D eigenvalue weighted by Gasteiger charge is 2.24. The van der Waals surface area contributed by atoms with Gasteiger partial charge < -0.3 is 31.6 Å². The molecule has 0 fully saturated rings. The SMILES string of the molecule is COc1ccc(C2=CNC(N)C(c3ccc(N)cc3)N2)cc1OC. The average molecular weight is 326 g/mol. The van der Waals surface area contributed by atoms with Crippen LogP contribution in [0.5, 0.6) is 11.5 Å². The summed E-state index contributed by atoms with van der Waals surface area (Å²) >= 11 is 0. The van der Waals surface area contributed by atoms with Gasteiger partial charge in [-0.1, -0.05) is 12.1 Å². The maximum Gasteiger partial charge on any atom is 0.161 e. The van der Waals surface area contributed by atoms with E-state index in [9.17, 15) is 0 Å². The van der Waals surface area contributed by atoms with Crippen LogP contribution in [0, 0.1) is 0 Å². The highest BCUT2D eigenvalue weighted by Crippen LogP contribution is 2.31. The zero-order valence-electron chi connectivity index (χ0n) is 13.7. The van der Waals surface area contributed by atoms with E-state index in [1.165, 1.54) is 0 Å². The number of benzene rings is 2. The summed E-state index contributed by atoms with van der Waals surface area (Å²) in [5, 5.41) is 6.69. The summed E-state index contributed by atoms with van der Waals surface area (Å²) in [4.78, 5) is 0. The van der Waals surface area contributed by atoms with E-state index in [1.54, 1.807) is 14.2 Å². The van der Waals surface area contributed by atoms with Gasteiger partial charge in [0.2, 0.25) is 0 Å². The zero-order chi connectivity index (χ0) is 17.1. The van der Waals surface area contributed by atoms with Gasteiger partial charge in [-0.2, -0.15) is 0 Å². The van der Waals surface area contributed by atoms with Gasteiger partial charge in [0.15, 0.2) is 11.5 Å². The molecule has 2 aromatic rings. The molecule has 6 nitrogen and oxygen atoms in total. The molecule has 126 valence electrons. The van der Waals surface area contributed by atoms with E-state index in [2.05, 4.69) is 10.6 Å². The smallest absolute Gasteiger partial charge is 0.161 e. The quantitative estimate of drug-likeness (QED) is 0.640. The molecular weight excluding hydrogens is 304 g/mol. The minimum absolute atomic E-state index is 0.0707. The molecule has 2 unspecified atom stereocenters. The van der Waals surface area contributed by atoms with Crippen LogP contribution in [0.4, 0.5) is 5.69 Å². The molecule has 0 aromatic heterocycles. The van der Waals surface area contributed by atoms with Crippen LogP contribution in [0.25, 0.3) is 5.70 Å². The maximum atomic E-state index is 6.20. The lowest BCUT2D eigenvalue weighted by Crippen LogP contribution is -2.49. The summed E-state index contributed by atoms with van der Waals surface area (Å²) in [5.41, 5.74) is 15.7. The number of nitrogens with one attached hydrogen (secondary N) is 2. The Labute approximate surface area is 141 Å². The average Bonchev–Trinajstić information content (AvgIpc) is 2.62. The highest BCUT2D eigenvalue weighted by molar-refractivity contribution is 5.68. The van der Waals surface area contributed by atoms with E-state index in [1.807, 2.05) is 48.7 Å². The molecule has 2 aromatic carbocycles. The maximum absolute atomic E-state index is 6.20. The third kappa shape index (κ3) is 3.09. The fourth-order valence-electron chi connectivity index (χ4n) is 2.74. The number of ether oxygens (including phenoxy) is 2. The monoisotopic (exact) mass is 326 g/mol. The summed E-state index contributed by atoms with van der Waals surface area (Å²) < 4.78 is 10.7. The van der Waals surface area contributed by atoms with E-state index in [0.717, 1.165) is 22.5 Å². The Morgan fingerprint density at radius 2 is 1.67 bits per heavy atom. The Morgan fingerprint density at radius 3 is 2.33 bits per heavy atom. The van der Waals surface area contributed by atoms with Crippen molar-refractivity contribution in [1.29, 1.82) is 0 Å². The molecule has 1 aliphatic rings. The highest BCUT2D eigenvalue weighted by atomic mass is 16.5. The van der Waals surface area contributed by atoms with Crippen LogP contribution < -0.4 is 31.6 Å². The van der Waals surface area contributed by atoms with Crippen LogP contribution in [0.1, 0.15) is 17.2 Å². The van der Waals surface area contributed by atoms with Gasteiger partial charge in [-0.25, -0.2) is 0 Å². The Kier molecular flexibility index (Phi) is 4.48. The van der Waals surface area contributed by atoms with Crippen molar-refractivity contribution >= 4 is 11.4 Å². The van der Waals surface area contributed by atoms with Crippen LogP contribution in [-0.2, 0) is 0 Å². The van der Waals surface area contributed by atoms with Crippen molar-refractivity contribution < 1.29 is 9.47 Å². The van der Waals surface area contributed by atoms with Crippen molar-refractivity contribution in [3.8, 4) is 11.5 Å². The van der Waals surface area contributed by atoms with Crippen LogP contribution in [0.3, 0.4) is 0 Å². The standard InChI is InChI=1S/C18H22N4O2/c1-23-15-8-5-12(9-16(15)24-2)14-10-21-18(20)17(22-14)11-3-6-13(19)7-4-11/h3-10,17-18,21-22H,19-20H2,1-2H3. The Hall–Kier alpha value is -2.86. The van der Waals surface area contributed by atoms with E-state index in [0.29, 0.717) is 11.5 Å². The third-order valence-corrected chi connectivity index (χ3v) is 4.08. The van der Waals surface area contributed by atoms with E-state index < -0.39 is 0 Å². The van der Waals surface area contributed by atoms with Crippen molar-refractivity contribution in [3.05, 3.63) is 59.8 Å². The number of nitrogens with two attached hydrogens (primary N) is 2. The topological polar surface area (TPSA) is 94.6 Å². The second-order valence-electron chi connectivity index (χ2n) is 5.61. The number of hydrogen-bond donors (Lipinski definition) is 4. The van der Waals surface area contributed by atoms with E-state index in [-0.39, 0.29) is 12.2 Å². The molecule has 2 atom stereocenters. The van der Waals surface area contributed by atoms with Crippen LogP contribution in [0.2, 0.25) is 0 Å². The molecule has 0 saturated carbocycles. The zero-order valence-corrected chi connectivity index (χ0v) is 13.7. The fourth-order valence-corrected chi connectivity index (χ4v) is 2.74. The van der Waals surface area contributed by atoms with Crippen molar-refractivity contribution in [1.82, 2.24) is 10.6 Å². The lowest BCUT2D eigenvalue weighted by molar-refractivity contribution is 0.354. The normalized spacial score (nSPS) is 19.7. The summed E-state index contributed by atoms with van der Waals surface area (Å²) in [6.45, 7) is 0. The number of anilines is 1. The van der Waals surface area contributed by atoms with Crippen molar-refractivity contribution in [2.24, 2.45) is 5.73 Å². The van der Waals surface area contributed by atoms with Gasteiger partial charge in [-0.05, 0) is 35.9 Å². The molecule has 0 radical (unpaired) electrons. The number of methoxy groups -OCH3 is 2. The van der Waals surface area contributed by atoms with Gasteiger partial charge in [0.25, 0.3) is 0 Å². The summed E-state index contributed by atoms with van der Waals surface area (Å²) in [6.07, 6.45) is 1.64. The molecule has 0 bridgehead atoms. The number of rotatable bonds is 4. The van der Waals surface area contributed by atoms with Gasteiger partial charge in [0.1, 0.15) is 0 Å². The molecule has 0 aliphatic carbocycles. The molecule has 1 heterocycles. The lowest BCUT2D eigenvalue weighted by atomic mass is 10.0. The predicted octanol–water partition coefficient (Wildman–Crippen LogP) is 1.80. The minimum Gasteiger partial charge on any atom is -0.493 e. The van der Waals surface area contributed by atoms with Crippen molar-refractivity contribution in [3.63, 3.8) is 0 Å². The first kappa shape index (κ1) is 16.0. The van der Waals surface area contributed by atoms with Gasteiger partial charge in [0.05, 0.1) is 32.1 Å². The molecular formula is C18H22N4O2. The second-order valence-corrected chi connectivity index (χ2v) is 5.61. The van der Waals surface area contributed by atoms with E-state index >= 15 is 0 Å². The van der Waals surface area contributed by atoms with Crippen LogP contribution in [-0.4, -0.2) is 20.4 Å². The first-order chi connectivity index (χ1) is 11.6. The lowest BCUT2D eigenvalue weighted by Gasteiger charge is -2.32. The van der Waals surface area contributed by atoms with Gasteiger partial charge in [-0.3, -0.25) is 0 Å².